The second kappa shape index (κ2) is 10.8. The van der Waals surface area contributed by atoms with Gasteiger partial charge in [-0.1, -0.05) is 55.0 Å². The van der Waals surface area contributed by atoms with Crippen molar-refractivity contribution in [2.24, 2.45) is 4.99 Å². The molecule has 0 amide bonds. The summed E-state index contributed by atoms with van der Waals surface area (Å²) in [5.41, 5.74) is 3.64. The van der Waals surface area contributed by atoms with E-state index < -0.39 is 0 Å². The highest BCUT2D eigenvalue weighted by Gasteiger charge is 2.09. The van der Waals surface area contributed by atoms with E-state index in [1.807, 2.05) is 34.9 Å². The summed E-state index contributed by atoms with van der Waals surface area (Å²) in [5.74, 6) is 1.96. The Balaban J connectivity index is 0.00000280. The molecule has 0 bridgehead atoms. The fourth-order valence-corrected chi connectivity index (χ4v) is 2.91. The van der Waals surface area contributed by atoms with Crippen LogP contribution in [0.25, 0.3) is 5.69 Å². The average Bonchev–Trinajstić information content (AvgIpc) is 3.17. The number of nitrogens with zero attached hydrogens (tertiary/aromatic N) is 4. The molecule has 28 heavy (non-hydrogen) atoms. The Morgan fingerprint density at radius 2 is 1.89 bits per heavy atom. The van der Waals surface area contributed by atoms with E-state index in [1.54, 1.807) is 13.4 Å². The number of benzene rings is 2. The van der Waals surface area contributed by atoms with Crippen molar-refractivity contribution in [2.75, 3.05) is 13.6 Å². The van der Waals surface area contributed by atoms with Gasteiger partial charge in [0.1, 0.15) is 6.33 Å². The molecular formula is C21H27IN6. The number of para-hydroxylation sites is 1. The zero-order valence-corrected chi connectivity index (χ0v) is 18.8. The van der Waals surface area contributed by atoms with Gasteiger partial charge < -0.3 is 10.6 Å². The van der Waals surface area contributed by atoms with Crippen LogP contribution >= 0.6 is 24.0 Å². The van der Waals surface area contributed by atoms with Crippen molar-refractivity contribution in [1.82, 2.24) is 25.4 Å². The lowest BCUT2D eigenvalue weighted by atomic mass is 9.99. The van der Waals surface area contributed by atoms with Gasteiger partial charge in [0.25, 0.3) is 0 Å². The van der Waals surface area contributed by atoms with Gasteiger partial charge in [0.05, 0.1) is 6.54 Å². The fraction of sp³-hybridized carbons (Fsp3) is 0.286. The SMILES string of the molecule is CN=C(NCc1nncn1-c1ccccc1)NCC(C)c1cccc(C)c1.I. The summed E-state index contributed by atoms with van der Waals surface area (Å²) in [6.07, 6.45) is 1.72. The number of aryl methyl sites for hydroxylation is 1. The molecular weight excluding hydrogens is 463 g/mol. The molecule has 0 fully saturated rings. The summed E-state index contributed by atoms with van der Waals surface area (Å²) >= 11 is 0. The zero-order chi connectivity index (χ0) is 19.1. The predicted octanol–water partition coefficient (Wildman–Crippen LogP) is 3.66. The van der Waals surface area contributed by atoms with Crippen molar-refractivity contribution in [3.05, 3.63) is 77.9 Å². The minimum Gasteiger partial charge on any atom is -0.356 e. The number of aliphatic imine (C=N–C) groups is 1. The van der Waals surface area contributed by atoms with Crippen LogP contribution in [-0.4, -0.2) is 34.3 Å². The molecule has 0 saturated heterocycles. The Labute approximate surface area is 183 Å². The molecule has 2 aromatic carbocycles. The van der Waals surface area contributed by atoms with E-state index in [0.717, 1.165) is 24.0 Å². The van der Waals surface area contributed by atoms with Gasteiger partial charge in [-0.05, 0) is 30.5 Å². The van der Waals surface area contributed by atoms with Gasteiger partial charge in [0.15, 0.2) is 11.8 Å². The fourth-order valence-electron chi connectivity index (χ4n) is 2.91. The quantitative estimate of drug-likeness (QED) is 0.315. The van der Waals surface area contributed by atoms with Gasteiger partial charge in [0.2, 0.25) is 0 Å². The second-order valence-electron chi connectivity index (χ2n) is 6.57. The highest BCUT2D eigenvalue weighted by atomic mass is 127. The van der Waals surface area contributed by atoms with E-state index >= 15 is 0 Å². The van der Waals surface area contributed by atoms with Crippen molar-refractivity contribution in [3.63, 3.8) is 0 Å². The molecule has 7 heteroatoms. The maximum Gasteiger partial charge on any atom is 0.191 e. The molecule has 1 heterocycles. The van der Waals surface area contributed by atoms with Gasteiger partial charge in [-0.15, -0.1) is 34.2 Å². The van der Waals surface area contributed by atoms with E-state index in [-0.39, 0.29) is 24.0 Å². The van der Waals surface area contributed by atoms with Gasteiger partial charge in [0, 0.05) is 19.3 Å². The van der Waals surface area contributed by atoms with E-state index in [1.165, 1.54) is 11.1 Å². The number of nitrogens with one attached hydrogen (secondary N) is 2. The molecule has 148 valence electrons. The average molecular weight is 490 g/mol. The van der Waals surface area contributed by atoms with Crippen molar-refractivity contribution in [1.29, 1.82) is 0 Å². The summed E-state index contributed by atoms with van der Waals surface area (Å²) in [4.78, 5) is 4.31. The molecule has 1 atom stereocenters. The van der Waals surface area contributed by atoms with Crippen molar-refractivity contribution < 1.29 is 0 Å². The normalized spacial score (nSPS) is 12.2. The molecule has 0 spiro atoms. The van der Waals surface area contributed by atoms with Gasteiger partial charge in [-0.2, -0.15) is 0 Å². The van der Waals surface area contributed by atoms with Gasteiger partial charge >= 0.3 is 0 Å². The Hall–Kier alpha value is -2.42. The number of halogens is 1. The Bertz CT molecular complexity index is 891. The largest absolute Gasteiger partial charge is 0.356 e. The standard InChI is InChI=1S/C21H26N6.HI/c1-16-8-7-9-18(12-16)17(2)13-23-21(22-3)24-14-20-26-25-15-27(20)19-10-5-4-6-11-19;/h4-12,15,17H,13-14H2,1-3H3,(H2,22,23,24);1H. The Morgan fingerprint density at radius 3 is 2.61 bits per heavy atom. The van der Waals surface area contributed by atoms with E-state index in [9.17, 15) is 0 Å². The first-order chi connectivity index (χ1) is 13.2. The van der Waals surface area contributed by atoms with Crippen LogP contribution in [0.2, 0.25) is 0 Å². The number of guanidine groups is 1. The number of rotatable bonds is 6. The monoisotopic (exact) mass is 490 g/mol. The second-order valence-corrected chi connectivity index (χ2v) is 6.57. The van der Waals surface area contributed by atoms with Gasteiger partial charge in [-0.3, -0.25) is 9.56 Å². The summed E-state index contributed by atoms with van der Waals surface area (Å²) < 4.78 is 1.97. The van der Waals surface area contributed by atoms with Crippen LogP contribution in [0.15, 0.2) is 65.9 Å². The third kappa shape index (κ3) is 5.79. The number of hydrogen-bond donors (Lipinski definition) is 2. The molecule has 0 aliphatic heterocycles. The summed E-state index contributed by atoms with van der Waals surface area (Å²) in [5, 5.41) is 15.0. The van der Waals surface area contributed by atoms with Crippen molar-refractivity contribution in [2.45, 2.75) is 26.3 Å². The predicted molar refractivity (Wildman–Crippen MR) is 125 cm³/mol. The van der Waals surface area contributed by atoms with Crippen molar-refractivity contribution in [3.8, 4) is 5.69 Å². The first-order valence-corrected chi connectivity index (χ1v) is 9.13. The van der Waals surface area contributed by atoms with Crippen LogP contribution in [0.4, 0.5) is 0 Å². The molecule has 0 aliphatic carbocycles. The maximum absolute atomic E-state index is 4.31. The zero-order valence-electron chi connectivity index (χ0n) is 16.5. The van der Waals surface area contributed by atoms with E-state index in [4.69, 9.17) is 0 Å². The lowest BCUT2D eigenvalue weighted by Crippen LogP contribution is -2.39. The van der Waals surface area contributed by atoms with E-state index in [2.05, 4.69) is 63.9 Å². The topological polar surface area (TPSA) is 67.1 Å². The minimum absolute atomic E-state index is 0. The summed E-state index contributed by atoms with van der Waals surface area (Å²) in [7, 11) is 1.77. The molecule has 1 aromatic heterocycles. The first kappa shape index (κ1) is 21.9. The maximum atomic E-state index is 4.31. The third-order valence-electron chi connectivity index (χ3n) is 4.48. The molecule has 3 aromatic rings. The number of aromatic nitrogens is 3. The minimum atomic E-state index is 0. The van der Waals surface area contributed by atoms with E-state index in [0.29, 0.717) is 12.5 Å². The molecule has 1 unspecified atom stereocenters. The molecule has 0 radical (unpaired) electrons. The smallest absolute Gasteiger partial charge is 0.191 e. The summed E-state index contributed by atoms with van der Waals surface area (Å²) in [6.45, 7) is 5.66. The van der Waals surface area contributed by atoms with Crippen LogP contribution < -0.4 is 10.6 Å². The highest BCUT2D eigenvalue weighted by Crippen LogP contribution is 2.15. The molecule has 0 aliphatic rings. The van der Waals surface area contributed by atoms with Gasteiger partial charge in [-0.25, -0.2) is 0 Å². The van der Waals surface area contributed by atoms with Crippen LogP contribution in [0.5, 0.6) is 0 Å². The molecule has 6 nitrogen and oxygen atoms in total. The first-order valence-electron chi connectivity index (χ1n) is 9.13. The highest BCUT2D eigenvalue weighted by molar-refractivity contribution is 14.0. The van der Waals surface area contributed by atoms with Crippen LogP contribution in [0, 0.1) is 6.92 Å². The lowest BCUT2D eigenvalue weighted by Gasteiger charge is -2.17. The number of hydrogen-bond acceptors (Lipinski definition) is 3. The summed E-state index contributed by atoms with van der Waals surface area (Å²) in [6, 6.07) is 18.7. The molecule has 2 N–H and O–H groups in total. The molecule has 0 saturated carbocycles. The van der Waals surface area contributed by atoms with Crippen LogP contribution in [-0.2, 0) is 6.54 Å². The Kier molecular flexibility index (Phi) is 8.43. The molecule has 3 rings (SSSR count). The van der Waals surface area contributed by atoms with Crippen molar-refractivity contribution >= 4 is 29.9 Å². The van der Waals surface area contributed by atoms with Crippen LogP contribution in [0.1, 0.15) is 29.8 Å². The van der Waals surface area contributed by atoms with Crippen LogP contribution in [0.3, 0.4) is 0 Å². The third-order valence-corrected chi connectivity index (χ3v) is 4.48. The Morgan fingerprint density at radius 1 is 1.11 bits per heavy atom. The lowest BCUT2D eigenvalue weighted by molar-refractivity contribution is 0.690.